The fourth-order valence-electron chi connectivity index (χ4n) is 3.29. The van der Waals surface area contributed by atoms with Crippen molar-refractivity contribution in [2.45, 2.75) is 13.1 Å². The van der Waals surface area contributed by atoms with Crippen molar-refractivity contribution in [3.63, 3.8) is 0 Å². The molecule has 4 aromatic rings. The molecule has 4 rings (SSSR count). The highest BCUT2D eigenvalue weighted by molar-refractivity contribution is 6.33. The van der Waals surface area contributed by atoms with E-state index in [0.717, 1.165) is 22.2 Å². The van der Waals surface area contributed by atoms with E-state index in [1.807, 2.05) is 90.5 Å². The molecule has 0 saturated heterocycles. The molecule has 4 nitrogen and oxygen atoms in total. The molecule has 0 saturated carbocycles. The minimum absolute atomic E-state index is 0.0142. The number of nitrogens with zero attached hydrogens (tertiary/aromatic N) is 3. The predicted octanol–water partition coefficient (Wildman–Crippen LogP) is 5.02. The van der Waals surface area contributed by atoms with E-state index in [2.05, 4.69) is 0 Å². The lowest BCUT2D eigenvalue weighted by atomic mass is 10.2. The highest BCUT2D eigenvalue weighted by atomic mass is 35.5. The van der Waals surface area contributed by atoms with Gasteiger partial charge in [0.1, 0.15) is 12.4 Å². The molecule has 3 aromatic carbocycles. The second kappa shape index (κ2) is 7.87. The van der Waals surface area contributed by atoms with Gasteiger partial charge in [-0.2, -0.15) is 0 Å². The van der Waals surface area contributed by atoms with E-state index in [1.165, 1.54) is 0 Å². The quantitative estimate of drug-likeness (QED) is 0.481. The number of para-hydroxylation sites is 2. The van der Waals surface area contributed by atoms with Crippen LogP contribution in [0.2, 0.25) is 5.02 Å². The second-order valence-corrected chi connectivity index (χ2v) is 7.13. The molecule has 0 aliphatic carbocycles. The van der Waals surface area contributed by atoms with E-state index < -0.39 is 0 Å². The van der Waals surface area contributed by atoms with Crippen molar-refractivity contribution in [3.05, 3.63) is 89.4 Å². The van der Waals surface area contributed by atoms with Gasteiger partial charge in [-0.3, -0.25) is 4.79 Å². The van der Waals surface area contributed by atoms with E-state index in [1.54, 1.807) is 4.90 Å². The average Bonchev–Trinajstić information content (AvgIpc) is 3.07. The number of carbonyl (C=O) groups excluding carboxylic acids is 1. The molecule has 0 aliphatic heterocycles. The second-order valence-electron chi connectivity index (χ2n) is 6.73. The Balaban J connectivity index is 1.69. The molecule has 0 atom stereocenters. The van der Waals surface area contributed by atoms with Crippen LogP contribution in [0.5, 0.6) is 0 Å². The van der Waals surface area contributed by atoms with Crippen LogP contribution in [0.4, 0.5) is 0 Å². The summed E-state index contributed by atoms with van der Waals surface area (Å²) in [7, 11) is 1.82. The highest BCUT2D eigenvalue weighted by Crippen LogP contribution is 2.30. The Hall–Kier alpha value is -3.11. The Bertz CT molecular complexity index is 1120. The molecule has 140 valence electrons. The molecule has 0 unspecified atom stereocenters. The topological polar surface area (TPSA) is 38.1 Å². The normalized spacial score (nSPS) is 10.9. The zero-order valence-corrected chi connectivity index (χ0v) is 16.3. The average molecular weight is 390 g/mol. The third-order valence-corrected chi connectivity index (χ3v) is 5.08. The summed E-state index contributed by atoms with van der Waals surface area (Å²) in [5.41, 5.74) is 3.67. The molecular formula is C23H20ClN3O. The van der Waals surface area contributed by atoms with Gasteiger partial charge < -0.3 is 9.47 Å². The first kappa shape index (κ1) is 18.3. The van der Waals surface area contributed by atoms with E-state index >= 15 is 0 Å². The molecule has 0 spiro atoms. The lowest BCUT2D eigenvalue weighted by Crippen LogP contribution is -2.30. The summed E-state index contributed by atoms with van der Waals surface area (Å²) in [5.74, 6) is 0.716. The van der Waals surface area contributed by atoms with Crippen molar-refractivity contribution < 1.29 is 4.79 Å². The largest absolute Gasteiger partial charge is 0.340 e. The summed E-state index contributed by atoms with van der Waals surface area (Å²) in [6.07, 6.45) is 0. The minimum Gasteiger partial charge on any atom is -0.340 e. The summed E-state index contributed by atoms with van der Waals surface area (Å²) in [4.78, 5) is 19.5. The Morgan fingerprint density at radius 3 is 2.43 bits per heavy atom. The van der Waals surface area contributed by atoms with Crippen molar-refractivity contribution in [1.29, 1.82) is 0 Å². The standard InChI is InChI=1S/C23H20ClN3O/c1-26(15-17-9-3-2-4-10-17)22(28)16-27-21-14-8-7-13-20(21)25-23(27)18-11-5-6-12-19(18)24/h2-14H,15-16H2,1H3. The summed E-state index contributed by atoms with van der Waals surface area (Å²) < 4.78 is 1.94. The number of imidazole rings is 1. The third-order valence-electron chi connectivity index (χ3n) is 4.75. The fourth-order valence-corrected chi connectivity index (χ4v) is 3.51. The number of halogens is 1. The SMILES string of the molecule is CN(Cc1ccccc1)C(=O)Cn1c(-c2ccccc2Cl)nc2ccccc21. The molecule has 5 heteroatoms. The number of amides is 1. The smallest absolute Gasteiger partial charge is 0.242 e. The Morgan fingerprint density at radius 1 is 0.964 bits per heavy atom. The van der Waals surface area contributed by atoms with Crippen LogP contribution in [-0.2, 0) is 17.9 Å². The molecule has 1 amide bonds. The van der Waals surface area contributed by atoms with Gasteiger partial charge in [-0.05, 0) is 29.8 Å². The van der Waals surface area contributed by atoms with Gasteiger partial charge in [0.05, 0.1) is 16.1 Å². The van der Waals surface area contributed by atoms with Gasteiger partial charge in [-0.1, -0.05) is 66.2 Å². The van der Waals surface area contributed by atoms with Crippen LogP contribution >= 0.6 is 11.6 Å². The van der Waals surface area contributed by atoms with Crippen LogP contribution in [0, 0.1) is 0 Å². The van der Waals surface area contributed by atoms with Gasteiger partial charge >= 0.3 is 0 Å². The molecule has 0 N–H and O–H groups in total. The maximum atomic E-state index is 13.0. The first-order valence-corrected chi connectivity index (χ1v) is 9.49. The summed E-state index contributed by atoms with van der Waals surface area (Å²) in [6.45, 7) is 0.762. The Morgan fingerprint density at radius 2 is 1.64 bits per heavy atom. The van der Waals surface area contributed by atoms with Crippen LogP contribution in [0.1, 0.15) is 5.56 Å². The number of hydrogen-bond donors (Lipinski definition) is 0. The van der Waals surface area contributed by atoms with Crippen LogP contribution < -0.4 is 0 Å². The van der Waals surface area contributed by atoms with Crippen LogP contribution in [0.3, 0.4) is 0 Å². The van der Waals surface area contributed by atoms with Crippen molar-refractivity contribution in [2.24, 2.45) is 0 Å². The van der Waals surface area contributed by atoms with E-state index in [4.69, 9.17) is 16.6 Å². The van der Waals surface area contributed by atoms with Crippen molar-refractivity contribution >= 4 is 28.5 Å². The van der Waals surface area contributed by atoms with Gasteiger partial charge in [0.15, 0.2) is 0 Å². The summed E-state index contributed by atoms with van der Waals surface area (Å²) in [5, 5.41) is 0.615. The summed E-state index contributed by atoms with van der Waals surface area (Å²) >= 11 is 6.42. The van der Waals surface area contributed by atoms with E-state index in [0.29, 0.717) is 17.4 Å². The number of rotatable bonds is 5. The number of hydrogen-bond acceptors (Lipinski definition) is 2. The molecule has 1 aromatic heterocycles. The van der Waals surface area contributed by atoms with Gasteiger partial charge in [-0.25, -0.2) is 4.98 Å². The number of benzene rings is 3. The van der Waals surface area contributed by atoms with Crippen molar-refractivity contribution in [1.82, 2.24) is 14.5 Å². The molecule has 1 heterocycles. The first-order chi connectivity index (χ1) is 13.6. The minimum atomic E-state index is 0.0142. The van der Waals surface area contributed by atoms with Crippen molar-refractivity contribution in [2.75, 3.05) is 7.05 Å². The van der Waals surface area contributed by atoms with Crippen LogP contribution in [-0.4, -0.2) is 27.4 Å². The fraction of sp³-hybridized carbons (Fsp3) is 0.130. The lowest BCUT2D eigenvalue weighted by Gasteiger charge is -2.19. The molecule has 0 radical (unpaired) electrons. The third kappa shape index (κ3) is 3.64. The highest BCUT2D eigenvalue weighted by Gasteiger charge is 2.18. The monoisotopic (exact) mass is 389 g/mol. The maximum Gasteiger partial charge on any atom is 0.242 e. The molecule has 0 aliphatic rings. The lowest BCUT2D eigenvalue weighted by molar-refractivity contribution is -0.130. The van der Waals surface area contributed by atoms with Crippen molar-refractivity contribution in [3.8, 4) is 11.4 Å². The van der Waals surface area contributed by atoms with Crippen LogP contribution in [0.25, 0.3) is 22.4 Å². The van der Waals surface area contributed by atoms with Gasteiger partial charge in [0, 0.05) is 19.2 Å². The Kier molecular flexibility index (Phi) is 5.13. The summed E-state index contributed by atoms with van der Waals surface area (Å²) in [6, 6.07) is 25.4. The van der Waals surface area contributed by atoms with E-state index in [-0.39, 0.29) is 12.5 Å². The molecule has 0 fully saturated rings. The zero-order valence-electron chi connectivity index (χ0n) is 15.5. The first-order valence-electron chi connectivity index (χ1n) is 9.11. The van der Waals surface area contributed by atoms with E-state index in [9.17, 15) is 4.79 Å². The number of aromatic nitrogens is 2. The zero-order chi connectivity index (χ0) is 19.5. The molecular weight excluding hydrogens is 370 g/mol. The predicted molar refractivity (Wildman–Crippen MR) is 113 cm³/mol. The maximum absolute atomic E-state index is 13.0. The van der Waals surface area contributed by atoms with Gasteiger partial charge in [-0.15, -0.1) is 0 Å². The molecule has 0 bridgehead atoms. The number of carbonyl (C=O) groups is 1. The van der Waals surface area contributed by atoms with Gasteiger partial charge in [0.25, 0.3) is 0 Å². The number of fused-ring (bicyclic) bond motifs is 1. The molecule has 28 heavy (non-hydrogen) atoms. The van der Waals surface area contributed by atoms with Gasteiger partial charge in [0.2, 0.25) is 5.91 Å². The Labute approximate surface area is 169 Å². The number of likely N-dealkylation sites (N-methyl/N-ethyl adjacent to an activating group) is 1. The van der Waals surface area contributed by atoms with Crippen LogP contribution in [0.15, 0.2) is 78.9 Å².